The Bertz CT molecular complexity index is 781. The van der Waals surface area contributed by atoms with E-state index in [2.05, 4.69) is 5.32 Å². The number of furan rings is 1. The van der Waals surface area contributed by atoms with E-state index in [1.54, 1.807) is 45.0 Å². The standard InChI is InChI=1S/C17H22N2O4S/c1-4-19(5-2)24(21,22)15-9-6-8-14(12-15)17(20)18-13(3)16-10-7-11-23-16/h6-13H,4-5H2,1-3H3,(H,18,20)/t13-/m1/s1. The van der Waals surface area contributed by atoms with Crippen LogP contribution in [0.15, 0.2) is 52.0 Å². The van der Waals surface area contributed by atoms with Crippen LogP contribution in [0.2, 0.25) is 0 Å². The summed E-state index contributed by atoms with van der Waals surface area (Å²) in [6.07, 6.45) is 1.54. The molecular formula is C17H22N2O4S. The molecule has 0 radical (unpaired) electrons. The number of hydrogen-bond acceptors (Lipinski definition) is 4. The number of sulfonamides is 1. The Kier molecular flexibility index (Phi) is 5.80. The van der Waals surface area contributed by atoms with Crippen molar-refractivity contribution in [2.24, 2.45) is 0 Å². The molecule has 0 aliphatic heterocycles. The molecule has 7 heteroatoms. The van der Waals surface area contributed by atoms with Gasteiger partial charge in [0.25, 0.3) is 5.91 Å². The molecule has 0 aliphatic rings. The average Bonchev–Trinajstić information content (AvgIpc) is 3.10. The van der Waals surface area contributed by atoms with Gasteiger partial charge < -0.3 is 9.73 Å². The minimum absolute atomic E-state index is 0.115. The molecule has 1 amide bonds. The highest BCUT2D eigenvalue weighted by Gasteiger charge is 2.23. The molecule has 0 saturated heterocycles. The van der Waals surface area contributed by atoms with Gasteiger partial charge in [-0.3, -0.25) is 4.79 Å². The van der Waals surface area contributed by atoms with E-state index in [0.717, 1.165) is 0 Å². The monoisotopic (exact) mass is 350 g/mol. The molecule has 2 aromatic rings. The molecular weight excluding hydrogens is 328 g/mol. The van der Waals surface area contributed by atoms with Crippen LogP contribution in [-0.4, -0.2) is 31.7 Å². The Hall–Kier alpha value is -2.12. The Morgan fingerprint density at radius 2 is 1.92 bits per heavy atom. The van der Waals surface area contributed by atoms with E-state index in [0.29, 0.717) is 24.4 Å². The molecule has 130 valence electrons. The van der Waals surface area contributed by atoms with Crippen LogP contribution >= 0.6 is 0 Å². The molecule has 1 aromatic carbocycles. The first-order chi connectivity index (χ1) is 11.4. The SMILES string of the molecule is CCN(CC)S(=O)(=O)c1cccc(C(=O)N[C@H](C)c2ccco2)c1. The van der Waals surface area contributed by atoms with Crippen LogP contribution in [0.25, 0.3) is 0 Å². The van der Waals surface area contributed by atoms with Crippen LogP contribution in [-0.2, 0) is 10.0 Å². The summed E-state index contributed by atoms with van der Waals surface area (Å²) in [4.78, 5) is 12.5. The average molecular weight is 350 g/mol. The largest absolute Gasteiger partial charge is 0.467 e. The van der Waals surface area contributed by atoms with Crippen molar-refractivity contribution in [3.63, 3.8) is 0 Å². The lowest BCUT2D eigenvalue weighted by Gasteiger charge is -2.19. The van der Waals surface area contributed by atoms with E-state index in [1.807, 2.05) is 0 Å². The third-order valence-electron chi connectivity index (χ3n) is 3.76. The zero-order valence-electron chi connectivity index (χ0n) is 14.0. The van der Waals surface area contributed by atoms with Gasteiger partial charge in [-0.05, 0) is 37.3 Å². The fourth-order valence-corrected chi connectivity index (χ4v) is 3.90. The summed E-state index contributed by atoms with van der Waals surface area (Å²) in [7, 11) is -3.59. The summed E-state index contributed by atoms with van der Waals surface area (Å²) in [5.74, 6) is 0.283. The molecule has 0 fully saturated rings. The van der Waals surface area contributed by atoms with Crippen molar-refractivity contribution in [1.29, 1.82) is 0 Å². The predicted octanol–water partition coefficient (Wildman–Crippen LogP) is 2.80. The van der Waals surface area contributed by atoms with E-state index in [4.69, 9.17) is 4.42 Å². The van der Waals surface area contributed by atoms with Gasteiger partial charge in [-0.15, -0.1) is 0 Å². The lowest BCUT2D eigenvalue weighted by molar-refractivity contribution is 0.0935. The number of nitrogens with one attached hydrogen (secondary N) is 1. The second-order valence-electron chi connectivity index (χ2n) is 5.33. The summed E-state index contributed by atoms with van der Waals surface area (Å²) >= 11 is 0. The second-order valence-corrected chi connectivity index (χ2v) is 7.27. The number of carbonyl (C=O) groups is 1. The van der Waals surface area contributed by atoms with Crippen molar-refractivity contribution in [2.75, 3.05) is 13.1 Å². The number of rotatable bonds is 7. The number of hydrogen-bond donors (Lipinski definition) is 1. The Labute approximate surface area is 142 Å². The summed E-state index contributed by atoms with van der Waals surface area (Å²) in [5.41, 5.74) is 0.293. The maximum absolute atomic E-state index is 12.6. The molecule has 1 heterocycles. The van der Waals surface area contributed by atoms with Gasteiger partial charge in [0.05, 0.1) is 17.2 Å². The van der Waals surface area contributed by atoms with Crippen LogP contribution in [0.1, 0.15) is 42.9 Å². The summed E-state index contributed by atoms with van der Waals surface area (Å²) in [6, 6.07) is 9.27. The van der Waals surface area contributed by atoms with Gasteiger partial charge in [0.15, 0.2) is 0 Å². The highest BCUT2D eigenvalue weighted by Crippen LogP contribution is 2.18. The van der Waals surface area contributed by atoms with Crippen molar-refractivity contribution in [1.82, 2.24) is 9.62 Å². The minimum atomic E-state index is -3.59. The van der Waals surface area contributed by atoms with Crippen molar-refractivity contribution in [3.05, 3.63) is 54.0 Å². The third-order valence-corrected chi connectivity index (χ3v) is 5.80. The zero-order valence-corrected chi connectivity index (χ0v) is 14.8. The smallest absolute Gasteiger partial charge is 0.251 e. The van der Waals surface area contributed by atoms with E-state index >= 15 is 0 Å². The van der Waals surface area contributed by atoms with Crippen molar-refractivity contribution < 1.29 is 17.6 Å². The molecule has 1 aromatic heterocycles. The van der Waals surface area contributed by atoms with Crippen molar-refractivity contribution in [3.8, 4) is 0 Å². The Morgan fingerprint density at radius 1 is 1.21 bits per heavy atom. The molecule has 0 spiro atoms. The van der Waals surface area contributed by atoms with E-state index in [-0.39, 0.29) is 16.8 Å². The number of amides is 1. The molecule has 0 saturated carbocycles. The normalized spacial score (nSPS) is 13.0. The van der Waals surface area contributed by atoms with E-state index < -0.39 is 10.0 Å². The van der Waals surface area contributed by atoms with Crippen LogP contribution < -0.4 is 5.32 Å². The van der Waals surface area contributed by atoms with Crippen LogP contribution in [0, 0.1) is 0 Å². The number of benzene rings is 1. The first-order valence-electron chi connectivity index (χ1n) is 7.84. The predicted molar refractivity (Wildman–Crippen MR) is 91.1 cm³/mol. The molecule has 0 aliphatic carbocycles. The van der Waals surface area contributed by atoms with Crippen LogP contribution in [0.3, 0.4) is 0 Å². The van der Waals surface area contributed by atoms with Gasteiger partial charge in [-0.1, -0.05) is 19.9 Å². The lowest BCUT2D eigenvalue weighted by Crippen LogP contribution is -2.31. The first-order valence-corrected chi connectivity index (χ1v) is 9.28. The van der Waals surface area contributed by atoms with Crippen LogP contribution in [0.4, 0.5) is 0 Å². The van der Waals surface area contributed by atoms with Gasteiger partial charge in [0.1, 0.15) is 5.76 Å². The first kappa shape index (κ1) is 18.2. The fraction of sp³-hybridized carbons (Fsp3) is 0.353. The van der Waals surface area contributed by atoms with Gasteiger partial charge in [-0.25, -0.2) is 8.42 Å². The molecule has 1 N–H and O–H groups in total. The molecule has 24 heavy (non-hydrogen) atoms. The Morgan fingerprint density at radius 3 is 2.50 bits per heavy atom. The summed E-state index contributed by atoms with van der Waals surface area (Å²) in [5, 5.41) is 2.79. The lowest BCUT2D eigenvalue weighted by atomic mass is 10.2. The second kappa shape index (κ2) is 7.63. The van der Waals surface area contributed by atoms with E-state index in [9.17, 15) is 13.2 Å². The van der Waals surface area contributed by atoms with Crippen LogP contribution in [0.5, 0.6) is 0 Å². The quantitative estimate of drug-likeness (QED) is 0.833. The Balaban J connectivity index is 2.22. The summed E-state index contributed by atoms with van der Waals surface area (Å²) < 4.78 is 31.7. The minimum Gasteiger partial charge on any atom is -0.467 e. The highest BCUT2D eigenvalue weighted by atomic mass is 32.2. The number of nitrogens with zero attached hydrogens (tertiary/aromatic N) is 1. The molecule has 0 bridgehead atoms. The highest BCUT2D eigenvalue weighted by molar-refractivity contribution is 7.89. The maximum atomic E-state index is 12.6. The molecule has 2 rings (SSSR count). The van der Waals surface area contributed by atoms with Gasteiger partial charge in [-0.2, -0.15) is 4.31 Å². The van der Waals surface area contributed by atoms with Crippen molar-refractivity contribution >= 4 is 15.9 Å². The zero-order chi connectivity index (χ0) is 17.7. The van der Waals surface area contributed by atoms with Gasteiger partial charge in [0.2, 0.25) is 10.0 Å². The topological polar surface area (TPSA) is 79.6 Å². The van der Waals surface area contributed by atoms with Crippen molar-refractivity contribution in [2.45, 2.75) is 31.7 Å². The van der Waals surface area contributed by atoms with E-state index in [1.165, 1.54) is 22.7 Å². The third kappa shape index (κ3) is 3.85. The molecule has 0 unspecified atom stereocenters. The molecule has 6 nitrogen and oxygen atoms in total. The maximum Gasteiger partial charge on any atom is 0.251 e. The van der Waals surface area contributed by atoms with Gasteiger partial charge >= 0.3 is 0 Å². The summed E-state index contributed by atoms with van der Waals surface area (Å²) in [6.45, 7) is 6.12. The molecule has 1 atom stereocenters. The number of carbonyl (C=O) groups excluding carboxylic acids is 1. The van der Waals surface area contributed by atoms with Gasteiger partial charge in [0, 0.05) is 18.7 Å². The fourth-order valence-electron chi connectivity index (χ4n) is 2.40.